The number of hydrogen-bond acceptors (Lipinski definition) is 7. The second kappa shape index (κ2) is 9.57. The van der Waals surface area contributed by atoms with Crippen molar-refractivity contribution in [2.45, 2.75) is 37.8 Å². The second-order valence-electron chi connectivity index (χ2n) is 9.52. The molecule has 5 rings (SSSR count). The lowest BCUT2D eigenvalue weighted by Crippen LogP contribution is -2.44. The van der Waals surface area contributed by atoms with Crippen molar-refractivity contribution in [1.82, 2.24) is 29.6 Å². The number of hydrogen-bond donors (Lipinski definition) is 2. The molecule has 0 atom stereocenters. The Bertz CT molecular complexity index is 1220. The van der Waals surface area contributed by atoms with Crippen molar-refractivity contribution in [3.05, 3.63) is 41.9 Å². The highest BCUT2D eigenvalue weighted by atomic mass is 16.5. The number of nitrogens with zero attached hydrogens (tertiary/aromatic N) is 6. The molecule has 1 saturated heterocycles. The molecule has 0 spiro atoms. The van der Waals surface area contributed by atoms with Crippen LogP contribution in [0, 0.1) is 0 Å². The summed E-state index contributed by atoms with van der Waals surface area (Å²) in [7, 11) is 3.86. The molecule has 2 fully saturated rings. The molecule has 0 bridgehead atoms. The van der Waals surface area contributed by atoms with Crippen LogP contribution in [0.2, 0.25) is 0 Å². The number of pyridine rings is 1. The Morgan fingerprint density at radius 1 is 1.03 bits per heavy atom. The van der Waals surface area contributed by atoms with Gasteiger partial charge in [0, 0.05) is 45.5 Å². The van der Waals surface area contributed by atoms with E-state index in [9.17, 15) is 9.59 Å². The van der Waals surface area contributed by atoms with Crippen LogP contribution in [0.4, 0.5) is 5.69 Å². The Morgan fingerprint density at radius 2 is 1.77 bits per heavy atom. The van der Waals surface area contributed by atoms with Gasteiger partial charge >= 0.3 is 0 Å². The molecule has 1 aliphatic heterocycles. The maximum absolute atomic E-state index is 13.0. The van der Waals surface area contributed by atoms with Crippen molar-refractivity contribution in [3.8, 4) is 5.88 Å². The van der Waals surface area contributed by atoms with Gasteiger partial charge in [0.05, 0.1) is 29.2 Å². The summed E-state index contributed by atoms with van der Waals surface area (Å²) in [5.41, 5.74) is 8.19. The molecule has 3 N–H and O–H groups in total. The summed E-state index contributed by atoms with van der Waals surface area (Å²) in [5, 5.41) is 11.8. The summed E-state index contributed by atoms with van der Waals surface area (Å²) in [6, 6.07) is 4.10. The maximum Gasteiger partial charge on any atom is 0.255 e. The highest BCUT2D eigenvalue weighted by molar-refractivity contribution is 6.00. The van der Waals surface area contributed by atoms with Gasteiger partial charge in [-0.15, -0.1) is 5.10 Å². The summed E-state index contributed by atoms with van der Waals surface area (Å²) in [5.74, 6) is -0.398. The summed E-state index contributed by atoms with van der Waals surface area (Å²) < 4.78 is 9.26. The third kappa shape index (κ3) is 4.95. The SMILES string of the molecule is CN1CCN(c2ccc3c(C(=O)N[C@H]4CC[C@H](Oc5nn(C)cc5C(N)=O)CC4)cnn3c2)CC1. The first kappa shape index (κ1) is 23.2. The van der Waals surface area contributed by atoms with Crippen LogP contribution >= 0.6 is 0 Å². The van der Waals surface area contributed by atoms with Crippen LogP contribution in [-0.2, 0) is 7.05 Å². The molecule has 3 aromatic heterocycles. The molecular weight excluding hydrogens is 448 g/mol. The molecule has 1 aliphatic carbocycles. The predicted octanol–water partition coefficient (Wildman–Crippen LogP) is 1.04. The number of rotatable bonds is 6. The molecular formula is C24H32N8O3. The van der Waals surface area contributed by atoms with Crippen LogP contribution in [0.5, 0.6) is 5.88 Å². The van der Waals surface area contributed by atoms with Crippen LogP contribution < -0.4 is 20.7 Å². The molecule has 0 radical (unpaired) electrons. The van der Waals surface area contributed by atoms with E-state index in [2.05, 4.69) is 38.4 Å². The van der Waals surface area contributed by atoms with Crippen molar-refractivity contribution in [2.75, 3.05) is 38.1 Å². The zero-order valence-corrected chi connectivity index (χ0v) is 20.2. The van der Waals surface area contributed by atoms with Gasteiger partial charge in [0.25, 0.3) is 11.8 Å². The number of carbonyl (C=O) groups excluding carboxylic acids is 2. The van der Waals surface area contributed by atoms with Crippen LogP contribution in [0.25, 0.3) is 5.52 Å². The Labute approximate surface area is 203 Å². The van der Waals surface area contributed by atoms with Gasteiger partial charge in [-0.25, -0.2) is 4.52 Å². The van der Waals surface area contributed by atoms with Crippen molar-refractivity contribution >= 4 is 23.0 Å². The monoisotopic (exact) mass is 480 g/mol. The summed E-state index contributed by atoms with van der Waals surface area (Å²) in [6.45, 7) is 4.03. The largest absolute Gasteiger partial charge is 0.473 e. The number of nitrogens with one attached hydrogen (secondary N) is 1. The van der Waals surface area contributed by atoms with Gasteiger partial charge in [-0.1, -0.05) is 0 Å². The average Bonchev–Trinajstić information content (AvgIpc) is 3.43. The second-order valence-corrected chi connectivity index (χ2v) is 9.52. The number of aryl methyl sites for hydroxylation is 1. The molecule has 11 nitrogen and oxygen atoms in total. The molecule has 4 heterocycles. The molecule has 2 aliphatic rings. The number of likely N-dealkylation sites (N-methyl/N-ethyl adjacent to an activating group) is 1. The predicted molar refractivity (Wildman–Crippen MR) is 131 cm³/mol. The highest BCUT2D eigenvalue weighted by Crippen LogP contribution is 2.26. The Kier molecular flexibility index (Phi) is 6.33. The van der Waals surface area contributed by atoms with Crippen LogP contribution in [0.3, 0.4) is 0 Å². The number of ether oxygens (including phenoxy) is 1. The lowest BCUT2D eigenvalue weighted by molar-refractivity contribution is 0.0882. The quantitative estimate of drug-likeness (QED) is 0.540. The maximum atomic E-state index is 13.0. The number of carbonyl (C=O) groups is 2. The topological polar surface area (TPSA) is 123 Å². The Hall–Kier alpha value is -3.60. The minimum absolute atomic E-state index is 0.0567. The Balaban J connectivity index is 1.18. The lowest BCUT2D eigenvalue weighted by Gasteiger charge is -2.33. The van der Waals surface area contributed by atoms with E-state index < -0.39 is 5.91 Å². The molecule has 1 saturated carbocycles. The van der Waals surface area contributed by atoms with E-state index in [0.717, 1.165) is 63.1 Å². The van der Waals surface area contributed by atoms with Gasteiger partial charge in [0.2, 0.25) is 5.88 Å². The molecule has 3 aromatic rings. The number of fused-ring (bicyclic) bond motifs is 1. The minimum Gasteiger partial charge on any atom is -0.473 e. The van der Waals surface area contributed by atoms with E-state index in [1.54, 1.807) is 24.0 Å². The highest BCUT2D eigenvalue weighted by Gasteiger charge is 2.27. The first-order valence-electron chi connectivity index (χ1n) is 12.1. The summed E-state index contributed by atoms with van der Waals surface area (Å²) in [6.07, 6.45) is 8.20. The van der Waals surface area contributed by atoms with Gasteiger partial charge in [0.1, 0.15) is 11.7 Å². The van der Waals surface area contributed by atoms with Crippen molar-refractivity contribution in [2.24, 2.45) is 12.8 Å². The van der Waals surface area contributed by atoms with E-state index in [1.165, 1.54) is 4.68 Å². The third-order valence-corrected chi connectivity index (χ3v) is 6.96. The van der Waals surface area contributed by atoms with Crippen molar-refractivity contribution in [3.63, 3.8) is 0 Å². The first-order valence-corrected chi connectivity index (χ1v) is 12.1. The first-order chi connectivity index (χ1) is 16.9. The molecule has 35 heavy (non-hydrogen) atoms. The van der Waals surface area contributed by atoms with Gasteiger partial charge in [0.15, 0.2) is 0 Å². The van der Waals surface area contributed by atoms with Gasteiger partial charge in [-0.3, -0.25) is 14.3 Å². The fraction of sp³-hybridized carbons (Fsp3) is 0.500. The number of amides is 2. The van der Waals surface area contributed by atoms with Crippen LogP contribution in [-0.4, -0.2) is 81.5 Å². The van der Waals surface area contributed by atoms with Crippen LogP contribution in [0.1, 0.15) is 46.4 Å². The number of piperazine rings is 1. The zero-order valence-electron chi connectivity index (χ0n) is 20.2. The van der Waals surface area contributed by atoms with Crippen LogP contribution in [0.15, 0.2) is 30.7 Å². The smallest absolute Gasteiger partial charge is 0.255 e. The number of nitrogens with two attached hydrogens (primary N) is 1. The van der Waals surface area contributed by atoms with Gasteiger partial charge in [-0.05, 0) is 44.9 Å². The number of aromatic nitrogens is 4. The fourth-order valence-electron chi connectivity index (χ4n) is 4.87. The third-order valence-electron chi connectivity index (χ3n) is 6.96. The lowest BCUT2D eigenvalue weighted by atomic mass is 9.92. The molecule has 0 unspecified atom stereocenters. The minimum atomic E-state index is -0.557. The van der Waals surface area contributed by atoms with Gasteiger partial charge in [-0.2, -0.15) is 5.10 Å². The van der Waals surface area contributed by atoms with Crippen molar-refractivity contribution < 1.29 is 14.3 Å². The Morgan fingerprint density at radius 3 is 2.49 bits per heavy atom. The van der Waals surface area contributed by atoms with E-state index >= 15 is 0 Å². The standard InChI is InChI=1S/C24H32N8O3/c1-29-9-11-31(12-10-29)17-5-8-21-19(13-26-32(21)14-17)23(34)27-16-3-6-18(7-4-16)35-24-20(22(25)33)15-30(2)28-24/h5,8,13-16,18H,3-4,6-7,9-12H2,1-2H3,(H2,25,33)(H,27,34)/t16-,18-. The number of primary amides is 1. The fourth-order valence-corrected chi connectivity index (χ4v) is 4.87. The van der Waals surface area contributed by atoms with Gasteiger partial charge < -0.3 is 25.6 Å². The summed E-state index contributed by atoms with van der Waals surface area (Å²) in [4.78, 5) is 29.3. The molecule has 186 valence electrons. The molecule has 0 aromatic carbocycles. The average molecular weight is 481 g/mol. The molecule has 2 amide bonds. The van der Waals surface area contributed by atoms with E-state index in [0.29, 0.717) is 5.56 Å². The zero-order chi connectivity index (χ0) is 24.5. The van der Waals surface area contributed by atoms with E-state index in [1.807, 2.05) is 12.3 Å². The summed E-state index contributed by atoms with van der Waals surface area (Å²) >= 11 is 0. The normalized spacial score (nSPS) is 21.3. The van der Waals surface area contributed by atoms with Crippen molar-refractivity contribution in [1.29, 1.82) is 0 Å². The van der Waals surface area contributed by atoms with E-state index in [-0.39, 0.29) is 29.5 Å². The number of anilines is 1. The molecule has 11 heteroatoms. The van der Waals surface area contributed by atoms with E-state index in [4.69, 9.17) is 10.5 Å².